The first-order valence-corrected chi connectivity index (χ1v) is 4.63. The zero-order valence-corrected chi connectivity index (χ0v) is 8.89. The summed E-state index contributed by atoms with van der Waals surface area (Å²) < 4.78 is 0. The Morgan fingerprint density at radius 3 is 2.00 bits per heavy atom. The lowest BCUT2D eigenvalue weighted by Crippen LogP contribution is -2.32. The van der Waals surface area contributed by atoms with Crippen LogP contribution in [0.25, 0.3) is 0 Å². The molecule has 0 fully saturated rings. The Kier molecular flexibility index (Phi) is 6.91. The van der Waals surface area contributed by atoms with Gasteiger partial charge in [0.2, 0.25) is 0 Å². The van der Waals surface area contributed by atoms with Gasteiger partial charge in [0, 0.05) is 0 Å². The highest BCUT2D eigenvalue weighted by Crippen LogP contribution is 2.10. The molecule has 0 saturated carbocycles. The molecule has 0 radical (unpaired) electrons. The standard InChI is InChI=1S/C9H11NO3.BH3O3/c10-8(9(12)13)5-6-1-3-7(11)4-2-6;2-1(3)4/h1-4,8,11H,5,10H2,(H,12,13);2-4H. The molecule has 1 aromatic rings. The van der Waals surface area contributed by atoms with Crippen molar-refractivity contribution in [3.63, 3.8) is 0 Å². The summed E-state index contributed by atoms with van der Waals surface area (Å²) in [7, 11) is -2.17. The van der Waals surface area contributed by atoms with E-state index in [0.29, 0.717) is 0 Å². The van der Waals surface area contributed by atoms with E-state index in [0.717, 1.165) is 5.56 Å². The van der Waals surface area contributed by atoms with E-state index < -0.39 is 19.3 Å². The van der Waals surface area contributed by atoms with Gasteiger partial charge in [-0.05, 0) is 24.1 Å². The van der Waals surface area contributed by atoms with E-state index >= 15 is 0 Å². The highest BCUT2D eigenvalue weighted by Gasteiger charge is 2.11. The lowest BCUT2D eigenvalue weighted by molar-refractivity contribution is -0.138. The highest BCUT2D eigenvalue weighted by molar-refractivity contribution is 6.30. The van der Waals surface area contributed by atoms with Crippen LogP contribution in [-0.2, 0) is 11.2 Å². The monoisotopic (exact) mass is 243 g/mol. The molecule has 0 heterocycles. The molecular weight excluding hydrogens is 229 g/mol. The van der Waals surface area contributed by atoms with Crippen LogP contribution in [0.3, 0.4) is 0 Å². The van der Waals surface area contributed by atoms with Gasteiger partial charge in [0.05, 0.1) is 0 Å². The van der Waals surface area contributed by atoms with Crippen molar-refractivity contribution in [1.82, 2.24) is 0 Å². The third-order valence-corrected chi connectivity index (χ3v) is 1.71. The second kappa shape index (κ2) is 7.63. The largest absolute Gasteiger partial charge is 0.631 e. The quantitative estimate of drug-likeness (QED) is 0.347. The van der Waals surface area contributed by atoms with Crippen LogP contribution in [-0.4, -0.2) is 44.6 Å². The SMILES string of the molecule is NC(Cc1ccc(O)cc1)C(=O)O.OB(O)O. The summed E-state index contributed by atoms with van der Waals surface area (Å²) in [5, 5.41) is 39.0. The van der Waals surface area contributed by atoms with Gasteiger partial charge in [0.15, 0.2) is 0 Å². The zero-order chi connectivity index (χ0) is 13.4. The molecule has 1 rings (SSSR count). The Labute approximate surface area is 97.9 Å². The molecule has 0 saturated heterocycles. The summed E-state index contributed by atoms with van der Waals surface area (Å²) in [4.78, 5) is 10.4. The van der Waals surface area contributed by atoms with E-state index in [1.54, 1.807) is 12.1 Å². The fourth-order valence-corrected chi connectivity index (χ4v) is 0.973. The van der Waals surface area contributed by atoms with Crippen molar-refractivity contribution >= 4 is 13.3 Å². The van der Waals surface area contributed by atoms with Gasteiger partial charge in [-0.3, -0.25) is 4.79 Å². The second-order valence-electron chi connectivity index (χ2n) is 3.16. The average molecular weight is 243 g/mol. The summed E-state index contributed by atoms with van der Waals surface area (Å²) in [5.74, 6) is -0.860. The molecule has 7 N–H and O–H groups in total. The van der Waals surface area contributed by atoms with Crippen molar-refractivity contribution in [2.24, 2.45) is 5.73 Å². The fourth-order valence-electron chi connectivity index (χ4n) is 0.973. The number of aromatic hydroxyl groups is 1. The maximum absolute atomic E-state index is 10.4. The van der Waals surface area contributed by atoms with Gasteiger partial charge in [-0.2, -0.15) is 0 Å². The molecule has 0 aliphatic heterocycles. The van der Waals surface area contributed by atoms with Crippen LogP contribution in [0.2, 0.25) is 0 Å². The van der Waals surface area contributed by atoms with Crippen LogP contribution in [0.15, 0.2) is 24.3 Å². The van der Waals surface area contributed by atoms with Crippen LogP contribution in [0, 0.1) is 0 Å². The molecule has 0 bridgehead atoms. The van der Waals surface area contributed by atoms with E-state index in [1.165, 1.54) is 12.1 Å². The molecule has 0 aliphatic rings. The Hall–Kier alpha value is -1.61. The Morgan fingerprint density at radius 2 is 1.65 bits per heavy atom. The molecule has 1 atom stereocenters. The second-order valence-corrected chi connectivity index (χ2v) is 3.16. The smallest absolute Gasteiger partial charge is 0.508 e. The molecule has 94 valence electrons. The number of hydrogen-bond acceptors (Lipinski definition) is 6. The van der Waals surface area contributed by atoms with Crippen molar-refractivity contribution in [3.05, 3.63) is 29.8 Å². The molecule has 8 heteroatoms. The van der Waals surface area contributed by atoms with Gasteiger partial charge in [-0.25, -0.2) is 0 Å². The van der Waals surface area contributed by atoms with Crippen LogP contribution < -0.4 is 5.73 Å². The number of carboxylic acids is 1. The number of hydrogen-bond donors (Lipinski definition) is 6. The maximum Gasteiger partial charge on any atom is 0.631 e. The summed E-state index contributed by atoms with van der Waals surface area (Å²) in [6, 6.07) is 5.42. The summed E-state index contributed by atoms with van der Waals surface area (Å²) >= 11 is 0. The predicted molar refractivity (Wildman–Crippen MR) is 59.8 cm³/mol. The van der Waals surface area contributed by atoms with E-state index in [2.05, 4.69) is 0 Å². The minimum Gasteiger partial charge on any atom is -0.508 e. The van der Waals surface area contributed by atoms with E-state index in [4.69, 9.17) is 31.0 Å². The first-order chi connectivity index (χ1) is 7.82. The lowest BCUT2D eigenvalue weighted by atomic mass is 10.1. The number of rotatable bonds is 3. The van der Waals surface area contributed by atoms with Gasteiger partial charge < -0.3 is 31.0 Å². The van der Waals surface area contributed by atoms with Crippen LogP contribution in [0.5, 0.6) is 5.75 Å². The lowest BCUT2D eigenvalue weighted by Gasteiger charge is -2.05. The zero-order valence-electron chi connectivity index (χ0n) is 8.89. The molecular formula is C9H14BNO6. The Bertz CT molecular complexity index is 339. The first-order valence-electron chi connectivity index (χ1n) is 4.63. The number of aliphatic carboxylic acids is 1. The van der Waals surface area contributed by atoms with Crippen LogP contribution in [0.1, 0.15) is 5.56 Å². The van der Waals surface area contributed by atoms with E-state index in [-0.39, 0.29) is 12.2 Å². The molecule has 0 amide bonds. The minimum atomic E-state index is -2.17. The van der Waals surface area contributed by atoms with Gasteiger partial charge in [-0.15, -0.1) is 0 Å². The number of benzene rings is 1. The van der Waals surface area contributed by atoms with E-state index in [9.17, 15) is 4.79 Å². The van der Waals surface area contributed by atoms with Crippen molar-refractivity contribution < 1.29 is 30.1 Å². The summed E-state index contributed by atoms with van der Waals surface area (Å²) in [6.45, 7) is 0. The summed E-state index contributed by atoms with van der Waals surface area (Å²) in [6.07, 6.45) is 0.273. The molecule has 17 heavy (non-hydrogen) atoms. The molecule has 0 spiro atoms. The van der Waals surface area contributed by atoms with E-state index in [1.807, 2.05) is 0 Å². The van der Waals surface area contributed by atoms with Crippen molar-refractivity contribution in [2.45, 2.75) is 12.5 Å². The van der Waals surface area contributed by atoms with Gasteiger partial charge in [0.25, 0.3) is 0 Å². The summed E-state index contributed by atoms with van der Waals surface area (Å²) in [5.41, 5.74) is 6.12. The number of phenols is 1. The molecule has 7 nitrogen and oxygen atoms in total. The third kappa shape index (κ3) is 8.23. The maximum atomic E-state index is 10.4. The predicted octanol–water partition coefficient (Wildman–Crippen LogP) is -1.71. The highest BCUT2D eigenvalue weighted by atomic mass is 16.5. The third-order valence-electron chi connectivity index (χ3n) is 1.71. The normalized spacial score (nSPS) is 11.1. The molecule has 1 aromatic carbocycles. The van der Waals surface area contributed by atoms with Crippen LogP contribution in [0.4, 0.5) is 0 Å². The fraction of sp³-hybridized carbons (Fsp3) is 0.222. The number of carboxylic acid groups (broad SMARTS) is 1. The van der Waals surface area contributed by atoms with Crippen molar-refractivity contribution in [3.8, 4) is 5.75 Å². The number of phenolic OH excluding ortho intramolecular Hbond substituents is 1. The van der Waals surface area contributed by atoms with Crippen molar-refractivity contribution in [2.75, 3.05) is 0 Å². The number of nitrogens with two attached hydrogens (primary N) is 1. The molecule has 0 aliphatic carbocycles. The van der Waals surface area contributed by atoms with Crippen LogP contribution >= 0.6 is 0 Å². The Morgan fingerprint density at radius 1 is 1.24 bits per heavy atom. The van der Waals surface area contributed by atoms with Crippen molar-refractivity contribution in [1.29, 1.82) is 0 Å². The Balaban J connectivity index is 0.000000557. The average Bonchev–Trinajstić information content (AvgIpc) is 2.20. The van der Waals surface area contributed by atoms with Gasteiger partial charge >= 0.3 is 13.3 Å². The number of carbonyl (C=O) groups is 1. The van der Waals surface area contributed by atoms with Gasteiger partial charge in [0.1, 0.15) is 11.8 Å². The van der Waals surface area contributed by atoms with Gasteiger partial charge in [-0.1, -0.05) is 12.1 Å². The molecule has 0 aromatic heterocycles. The minimum absolute atomic E-state index is 0.160. The topological polar surface area (TPSA) is 144 Å². The molecule has 1 unspecified atom stereocenters. The first kappa shape index (κ1) is 15.4.